The topological polar surface area (TPSA) is 58.2 Å². The van der Waals surface area contributed by atoms with Crippen LogP contribution in [0.3, 0.4) is 0 Å². The standard InChI is InChI=1S/C20H24N2O2S/c1-4-14(2)18-7-5-6-8-19(18)22-20(24)13-25-17-11-9-16(10-12-17)21-15(3)23/h5-12,14H,4,13H2,1-3H3,(H,21,23)(H,22,24)/t14-/m0/s1. The fourth-order valence-corrected chi connectivity index (χ4v) is 3.13. The van der Waals surface area contributed by atoms with Gasteiger partial charge in [0.15, 0.2) is 0 Å². The smallest absolute Gasteiger partial charge is 0.234 e. The molecule has 132 valence electrons. The third-order valence-corrected chi connectivity index (χ3v) is 4.93. The van der Waals surface area contributed by atoms with Crippen LogP contribution >= 0.6 is 11.8 Å². The Bertz CT molecular complexity index is 729. The number of benzene rings is 2. The van der Waals surface area contributed by atoms with Crippen LogP contribution < -0.4 is 10.6 Å². The number of amides is 2. The van der Waals surface area contributed by atoms with Crippen molar-refractivity contribution in [2.45, 2.75) is 38.0 Å². The maximum Gasteiger partial charge on any atom is 0.234 e. The minimum absolute atomic E-state index is 0.0216. The number of para-hydroxylation sites is 1. The maximum absolute atomic E-state index is 12.3. The number of carbonyl (C=O) groups excluding carboxylic acids is 2. The molecule has 2 rings (SSSR count). The molecule has 0 aliphatic heterocycles. The zero-order valence-corrected chi connectivity index (χ0v) is 15.7. The van der Waals surface area contributed by atoms with E-state index >= 15 is 0 Å². The molecule has 0 saturated heterocycles. The van der Waals surface area contributed by atoms with E-state index in [1.807, 2.05) is 42.5 Å². The molecule has 0 aliphatic rings. The van der Waals surface area contributed by atoms with Gasteiger partial charge in [-0.15, -0.1) is 11.8 Å². The van der Waals surface area contributed by atoms with Gasteiger partial charge in [0.05, 0.1) is 5.75 Å². The Balaban J connectivity index is 1.92. The molecule has 0 fully saturated rings. The van der Waals surface area contributed by atoms with Crippen LogP contribution in [0.15, 0.2) is 53.4 Å². The summed E-state index contributed by atoms with van der Waals surface area (Å²) in [5.41, 5.74) is 2.82. The lowest BCUT2D eigenvalue weighted by Crippen LogP contribution is -2.15. The van der Waals surface area contributed by atoms with Crippen LogP contribution in [-0.2, 0) is 9.59 Å². The molecule has 0 bridgehead atoms. The van der Waals surface area contributed by atoms with Crippen molar-refractivity contribution >= 4 is 35.0 Å². The summed E-state index contributed by atoms with van der Waals surface area (Å²) in [7, 11) is 0. The van der Waals surface area contributed by atoms with Crippen molar-refractivity contribution < 1.29 is 9.59 Å². The summed E-state index contributed by atoms with van der Waals surface area (Å²) < 4.78 is 0. The maximum atomic E-state index is 12.3. The van der Waals surface area contributed by atoms with E-state index in [0.717, 1.165) is 22.7 Å². The molecule has 2 aromatic carbocycles. The summed E-state index contributed by atoms with van der Waals surface area (Å²) in [6.45, 7) is 5.78. The van der Waals surface area contributed by atoms with Crippen LogP contribution in [0, 0.1) is 0 Å². The van der Waals surface area contributed by atoms with E-state index in [2.05, 4.69) is 30.5 Å². The van der Waals surface area contributed by atoms with E-state index < -0.39 is 0 Å². The minimum Gasteiger partial charge on any atom is -0.326 e. The number of hydrogen-bond acceptors (Lipinski definition) is 3. The van der Waals surface area contributed by atoms with Crippen LogP contribution in [0.2, 0.25) is 0 Å². The van der Waals surface area contributed by atoms with Crippen molar-refractivity contribution in [3.05, 3.63) is 54.1 Å². The van der Waals surface area contributed by atoms with Gasteiger partial charge in [0.25, 0.3) is 0 Å². The van der Waals surface area contributed by atoms with Crippen molar-refractivity contribution in [2.24, 2.45) is 0 Å². The molecule has 0 aliphatic carbocycles. The van der Waals surface area contributed by atoms with Crippen LogP contribution in [0.25, 0.3) is 0 Å². The van der Waals surface area contributed by atoms with Gasteiger partial charge < -0.3 is 10.6 Å². The molecule has 2 aromatic rings. The predicted molar refractivity (Wildman–Crippen MR) is 105 cm³/mol. The molecule has 0 saturated carbocycles. The molecule has 0 spiro atoms. The Labute approximate surface area is 153 Å². The number of rotatable bonds is 7. The molecule has 0 aromatic heterocycles. The molecule has 2 N–H and O–H groups in total. The monoisotopic (exact) mass is 356 g/mol. The minimum atomic E-state index is -0.0975. The van der Waals surface area contributed by atoms with Gasteiger partial charge in [-0.1, -0.05) is 32.0 Å². The quantitative estimate of drug-likeness (QED) is 0.695. The highest BCUT2D eigenvalue weighted by Crippen LogP contribution is 2.27. The van der Waals surface area contributed by atoms with Crippen LogP contribution in [0.4, 0.5) is 11.4 Å². The third kappa shape index (κ3) is 5.94. The van der Waals surface area contributed by atoms with Crippen molar-refractivity contribution in [1.82, 2.24) is 0 Å². The Kier molecular flexibility index (Phi) is 7.07. The van der Waals surface area contributed by atoms with Gasteiger partial charge >= 0.3 is 0 Å². The second-order valence-electron chi connectivity index (χ2n) is 5.94. The van der Waals surface area contributed by atoms with E-state index in [0.29, 0.717) is 11.7 Å². The molecule has 0 unspecified atom stereocenters. The number of carbonyl (C=O) groups is 2. The second kappa shape index (κ2) is 9.28. The van der Waals surface area contributed by atoms with Crippen LogP contribution in [0.1, 0.15) is 38.7 Å². The lowest BCUT2D eigenvalue weighted by atomic mass is 9.97. The van der Waals surface area contributed by atoms with Gasteiger partial charge in [0.1, 0.15) is 0 Å². The summed E-state index contributed by atoms with van der Waals surface area (Å²) in [5, 5.41) is 5.74. The molecular weight excluding hydrogens is 332 g/mol. The van der Waals surface area contributed by atoms with Gasteiger partial charge in [-0.3, -0.25) is 9.59 Å². The van der Waals surface area contributed by atoms with E-state index in [4.69, 9.17) is 0 Å². The van der Waals surface area contributed by atoms with Crippen LogP contribution in [0.5, 0.6) is 0 Å². The van der Waals surface area contributed by atoms with Gasteiger partial charge in [-0.2, -0.15) is 0 Å². The summed E-state index contributed by atoms with van der Waals surface area (Å²) in [5.74, 6) is 0.630. The zero-order chi connectivity index (χ0) is 18.2. The molecule has 0 heterocycles. The molecule has 4 nitrogen and oxygen atoms in total. The molecule has 5 heteroatoms. The van der Waals surface area contributed by atoms with Gasteiger partial charge in [0, 0.05) is 23.2 Å². The number of anilines is 2. The first-order valence-electron chi connectivity index (χ1n) is 8.38. The summed E-state index contributed by atoms with van der Waals surface area (Å²) in [4.78, 5) is 24.3. The Morgan fingerprint density at radius 1 is 1.04 bits per heavy atom. The van der Waals surface area contributed by atoms with E-state index in [9.17, 15) is 9.59 Å². The summed E-state index contributed by atoms with van der Waals surface area (Å²) >= 11 is 1.47. The first-order valence-corrected chi connectivity index (χ1v) is 9.37. The SMILES string of the molecule is CC[C@H](C)c1ccccc1NC(=O)CSc1ccc(NC(C)=O)cc1. The molecular formula is C20H24N2O2S. The number of thioether (sulfide) groups is 1. The van der Waals surface area contributed by atoms with Gasteiger partial charge in [-0.05, 0) is 48.2 Å². The number of hydrogen-bond donors (Lipinski definition) is 2. The van der Waals surface area contributed by atoms with Crippen LogP contribution in [-0.4, -0.2) is 17.6 Å². The fourth-order valence-electron chi connectivity index (χ4n) is 2.43. The normalized spacial score (nSPS) is 11.6. The molecule has 25 heavy (non-hydrogen) atoms. The average Bonchev–Trinajstić information content (AvgIpc) is 2.60. The highest BCUT2D eigenvalue weighted by atomic mass is 32.2. The van der Waals surface area contributed by atoms with Crippen molar-refractivity contribution in [3.63, 3.8) is 0 Å². The van der Waals surface area contributed by atoms with Crippen molar-refractivity contribution in [2.75, 3.05) is 16.4 Å². The van der Waals surface area contributed by atoms with Gasteiger partial charge in [0.2, 0.25) is 11.8 Å². The zero-order valence-electron chi connectivity index (χ0n) is 14.8. The molecule has 0 radical (unpaired) electrons. The Morgan fingerprint density at radius 3 is 2.36 bits per heavy atom. The predicted octanol–water partition coefficient (Wildman–Crippen LogP) is 4.89. The lowest BCUT2D eigenvalue weighted by Gasteiger charge is -2.15. The van der Waals surface area contributed by atoms with E-state index in [1.165, 1.54) is 24.2 Å². The largest absolute Gasteiger partial charge is 0.326 e. The van der Waals surface area contributed by atoms with Crippen molar-refractivity contribution in [1.29, 1.82) is 0 Å². The highest BCUT2D eigenvalue weighted by molar-refractivity contribution is 8.00. The number of nitrogens with one attached hydrogen (secondary N) is 2. The first-order chi connectivity index (χ1) is 12.0. The van der Waals surface area contributed by atoms with E-state index in [1.54, 1.807) is 0 Å². The first kappa shape index (κ1) is 19.1. The van der Waals surface area contributed by atoms with E-state index in [-0.39, 0.29) is 11.8 Å². The fraction of sp³-hybridized carbons (Fsp3) is 0.300. The van der Waals surface area contributed by atoms with Crippen molar-refractivity contribution in [3.8, 4) is 0 Å². The Morgan fingerprint density at radius 2 is 1.72 bits per heavy atom. The molecule has 2 amide bonds. The summed E-state index contributed by atoms with van der Waals surface area (Å²) in [6.07, 6.45) is 1.03. The second-order valence-corrected chi connectivity index (χ2v) is 6.99. The third-order valence-electron chi connectivity index (χ3n) is 3.92. The van der Waals surface area contributed by atoms with Gasteiger partial charge in [-0.25, -0.2) is 0 Å². The Hall–Kier alpha value is -2.27. The highest BCUT2D eigenvalue weighted by Gasteiger charge is 2.11. The summed E-state index contributed by atoms with van der Waals surface area (Å²) in [6, 6.07) is 15.4. The lowest BCUT2D eigenvalue weighted by molar-refractivity contribution is -0.114. The average molecular weight is 356 g/mol. The molecule has 1 atom stereocenters.